The molecule has 1 aliphatic rings. The van der Waals surface area contributed by atoms with Crippen LogP contribution in [0.4, 0.5) is 0 Å². The molecular formula is C19H18. The molecule has 0 aromatic heterocycles. The highest BCUT2D eigenvalue weighted by Crippen LogP contribution is 2.32. The molecule has 3 rings (SSSR count). The molecule has 2 aromatic rings. The third-order valence-electron chi connectivity index (χ3n) is 3.73. The average molecular weight is 246 g/mol. The molecule has 0 aliphatic heterocycles. The topological polar surface area (TPSA) is 0 Å². The zero-order valence-corrected chi connectivity index (χ0v) is 11.0. The Balaban J connectivity index is 1.89. The van der Waals surface area contributed by atoms with Gasteiger partial charge in [-0.15, -0.1) is 0 Å². The molecular weight excluding hydrogens is 228 g/mol. The van der Waals surface area contributed by atoms with E-state index in [1.807, 2.05) is 0 Å². The SMILES string of the molecule is C1=CCC(C(Cc2ccccc2)c2ccccc2)=C1. The first-order valence-corrected chi connectivity index (χ1v) is 6.88. The fraction of sp³-hybridized carbons (Fsp3) is 0.158. The summed E-state index contributed by atoms with van der Waals surface area (Å²) in [6, 6.07) is 21.6. The van der Waals surface area contributed by atoms with Crippen LogP contribution in [0.3, 0.4) is 0 Å². The molecule has 0 N–H and O–H groups in total. The van der Waals surface area contributed by atoms with Crippen LogP contribution in [0.25, 0.3) is 0 Å². The van der Waals surface area contributed by atoms with E-state index >= 15 is 0 Å². The van der Waals surface area contributed by atoms with Gasteiger partial charge in [0.05, 0.1) is 0 Å². The predicted molar refractivity (Wildman–Crippen MR) is 81.2 cm³/mol. The molecule has 1 unspecified atom stereocenters. The second-order valence-corrected chi connectivity index (χ2v) is 5.03. The quantitative estimate of drug-likeness (QED) is 0.720. The molecule has 1 aliphatic carbocycles. The summed E-state index contributed by atoms with van der Waals surface area (Å²) in [5, 5.41) is 0. The molecule has 1 atom stereocenters. The molecule has 0 radical (unpaired) electrons. The lowest BCUT2D eigenvalue weighted by molar-refractivity contribution is 0.771. The highest BCUT2D eigenvalue weighted by Gasteiger charge is 2.17. The van der Waals surface area contributed by atoms with Gasteiger partial charge < -0.3 is 0 Å². The smallest absolute Gasteiger partial charge is 0.00947 e. The second kappa shape index (κ2) is 5.71. The molecule has 0 heterocycles. The zero-order valence-electron chi connectivity index (χ0n) is 11.0. The Morgan fingerprint density at radius 3 is 2.16 bits per heavy atom. The average Bonchev–Trinajstić information content (AvgIpc) is 3.01. The Bertz CT molecular complexity index is 576. The van der Waals surface area contributed by atoms with Crippen molar-refractivity contribution in [3.63, 3.8) is 0 Å². The number of rotatable bonds is 4. The molecule has 2 aromatic carbocycles. The largest absolute Gasteiger partial charge is 0.0804 e. The van der Waals surface area contributed by atoms with E-state index in [0.29, 0.717) is 5.92 Å². The first-order valence-electron chi connectivity index (χ1n) is 6.88. The first-order chi connectivity index (χ1) is 9.43. The predicted octanol–water partition coefficient (Wildman–Crippen LogP) is 4.90. The van der Waals surface area contributed by atoms with Crippen LogP contribution in [0, 0.1) is 0 Å². The summed E-state index contributed by atoms with van der Waals surface area (Å²) in [5.41, 5.74) is 4.35. The maximum absolute atomic E-state index is 2.28. The first kappa shape index (κ1) is 12.0. The molecule has 0 fully saturated rings. The van der Waals surface area contributed by atoms with Crippen molar-refractivity contribution in [3.05, 3.63) is 95.6 Å². The lowest BCUT2D eigenvalue weighted by Gasteiger charge is -2.19. The van der Waals surface area contributed by atoms with Crippen LogP contribution in [0.5, 0.6) is 0 Å². The Morgan fingerprint density at radius 1 is 0.842 bits per heavy atom. The summed E-state index contributed by atoms with van der Waals surface area (Å²) in [4.78, 5) is 0. The highest BCUT2D eigenvalue weighted by atomic mass is 14.2. The van der Waals surface area contributed by atoms with Gasteiger partial charge in [0.1, 0.15) is 0 Å². The Labute approximate surface area is 115 Å². The Kier molecular flexibility index (Phi) is 3.60. The van der Waals surface area contributed by atoms with Crippen molar-refractivity contribution < 1.29 is 0 Å². The summed E-state index contributed by atoms with van der Waals surface area (Å²) in [5.74, 6) is 0.499. The van der Waals surface area contributed by atoms with E-state index in [1.165, 1.54) is 16.7 Å². The molecule has 0 heteroatoms. The Morgan fingerprint density at radius 2 is 1.53 bits per heavy atom. The van der Waals surface area contributed by atoms with Crippen LogP contribution in [-0.4, -0.2) is 0 Å². The van der Waals surface area contributed by atoms with E-state index in [0.717, 1.165) is 12.8 Å². The zero-order chi connectivity index (χ0) is 12.9. The molecule has 0 amide bonds. The third-order valence-corrected chi connectivity index (χ3v) is 3.73. The van der Waals surface area contributed by atoms with Gasteiger partial charge in [0.2, 0.25) is 0 Å². The number of allylic oxidation sites excluding steroid dienone is 4. The van der Waals surface area contributed by atoms with Crippen molar-refractivity contribution in [1.29, 1.82) is 0 Å². The van der Waals surface area contributed by atoms with E-state index < -0.39 is 0 Å². The maximum atomic E-state index is 2.28. The van der Waals surface area contributed by atoms with Gasteiger partial charge in [0.15, 0.2) is 0 Å². The molecule has 0 nitrogen and oxygen atoms in total. The van der Waals surface area contributed by atoms with Gasteiger partial charge in [0.25, 0.3) is 0 Å². The standard InChI is InChI=1S/C19H18/c1-3-9-16(10-4-1)15-19(18-13-7-8-14-18)17-11-5-2-6-12-17/h1-13,19H,14-15H2. The minimum absolute atomic E-state index is 0.499. The van der Waals surface area contributed by atoms with E-state index in [1.54, 1.807) is 0 Å². The van der Waals surface area contributed by atoms with Crippen molar-refractivity contribution in [2.45, 2.75) is 18.8 Å². The van der Waals surface area contributed by atoms with Crippen molar-refractivity contribution in [2.75, 3.05) is 0 Å². The van der Waals surface area contributed by atoms with Gasteiger partial charge in [-0.3, -0.25) is 0 Å². The minimum Gasteiger partial charge on any atom is -0.0804 e. The van der Waals surface area contributed by atoms with Crippen LogP contribution >= 0.6 is 0 Å². The van der Waals surface area contributed by atoms with Gasteiger partial charge in [0, 0.05) is 5.92 Å². The molecule has 94 valence electrons. The van der Waals surface area contributed by atoms with E-state index in [4.69, 9.17) is 0 Å². The van der Waals surface area contributed by atoms with Crippen LogP contribution in [0.1, 0.15) is 23.5 Å². The molecule has 0 saturated carbocycles. The molecule has 0 saturated heterocycles. The van der Waals surface area contributed by atoms with Crippen molar-refractivity contribution in [2.24, 2.45) is 0 Å². The second-order valence-electron chi connectivity index (χ2n) is 5.03. The number of benzene rings is 2. The van der Waals surface area contributed by atoms with Crippen LogP contribution in [0.2, 0.25) is 0 Å². The lowest BCUT2D eigenvalue weighted by Crippen LogP contribution is -2.05. The van der Waals surface area contributed by atoms with Crippen LogP contribution in [0.15, 0.2) is 84.5 Å². The third kappa shape index (κ3) is 2.85. The fourth-order valence-corrected chi connectivity index (χ4v) is 2.72. The lowest BCUT2D eigenvalue weighted by atomic mass is 9.85. The van der Waals surface area contributed by atoms with Gasteiger partial charge in [-0.25, -0.2) is 0 Å². The maximum Gasteiger partial charge on any atom is 0.00947 e. The number of hydrogen-bond donors (Lipinski definition) is 0. The summed E-state index contributed by atoms with van der Waals surface area (Å²) in [7, 11) is 0. The Hall–Kier alpha value is -2.08. The van der Waals surface area contributed by atoms with Crippen LogP contribution in [-0.2, 0) is 6.42 Å². The minimum atomic E-state index is 0.499. The van der Waals surface area contributed by atoms with E-state index in [-0.39, 0.29) is 0 Å². The van der Waals surface area contributed by atoms with Gasteiger partial charge in [-0.05, 0) is 24.0 Å². The van der Waals surface area contributed by atoms with Crippen molar-refractivity contribution >= 4 is 0 Å². The van der Waals surface area contributed by atoms with Crippen molar-refractivity contribution in [3.8, 4) is 0 Å². The summed E-state index contributed by atoms with van der Waals surface area (Å²) in [6.45, 7) is 0. The van der Waals surface area contributed by atoms with Crippen molar-refractivity contribution in [1.82, 2.24) is 0 Å². The highest BCUT2D eigenvalue weighted by molar-refractivity contribution is 5.37. The summed E-state index contributed by atoms with van der Waals surface area (Å²) in [6.07, 6.45) is 8.87. The van der Waals surface area contributed by atoms with E-state index in [2.05, 4.69) is 78.9 Å². The van der Waals surface area contributed by atoms with E-state index in [9.17, 15) is 0 Å². The van der Waals surface area contributed by atoms with Gasteiger partial charge >= 0.3 is 0 Å². The molecule has 19 heavy (non-hydrogen) atoms. The normalized spacial score (nSPS) is 15.3. The fourth-order valence-electron chi connectivity index (χ4n) is 2.72. The molecule has 0 bridgehead atoms. The summed E-state index contributed by atoms with van der Waals surface area (Å²) >= 11 is 0. The van der Waals surface area contributed by atoms with Crippen LogP contribution < -0.4 is 0 Å². The molecule has 0 spiro atoms. The summed E-state index contributed by atoms with van der Waals surface area (Å²) < 4.78 is 0. The monoisotopic (exact) mass is 246 g/mol. The number of hydrogen-bond acceptors (Lipinski definition) is 0. The van der Waals surface area contributed by atoms with Gasteiger partial charge in [-0.1, -0.05) is 84.5 Å². The van der Waals surface area contributed by atoms with Gasteiger partial charge in [-0.2, -0.15) is 0 Å².